The third-order valence-electron chi connectivity index (χ3n) is 5.05. The Bertz CT molecular complexity index is 903. The van der Waals surface area contributed by atoms with Gasteiger partial charge in [0.1, 0.15) is 6.04 Å². The number of aryl methyl sites for hydroxylation is 2. The van der Waals surface area contributed by atoms with Crippen molar-refractivity contribution in [2.24, 2.45) is 0 Å². The van der Waals surface area contributed by atoms with Gasteiger partial charge in [-0.25, -0.2) is 4.68 Å². The minimum atomic E-state index is -0.696. The summed E-state index contributed by atoms with van der Waals surface area (Å²) in [6.45, 7) is 3.97. The zero-order chi connectivity index (χ0) is 17.6. The summed E-state index contributed by atoms with van der Waals surface area (Å²) in [5.74, 6) is -0.251. The van der Waals surface area contributed by atoms with E-state index in [1.807, 2.05) is 19.1 Å². The predicted octanol–water partition coefficient (Wildman–Crippen LogP) is 2.52. The molecule has 2 aliphatic rings. The van der Waals surface area contributed by atoms with Crippen LogP contribution >= 0.6 is 0 Å². The highest BCUT2D eigenvalue weighted by atomic mass is 16.5. The van der Waals surface area contributed by atoms with E-state index >= 15 is 0 Å². The monoisotopic (exact) mass is 339 g/mol. The van der Waals surface area contributed by atoms with E-state index in [2.05, 4.69) is 16.5 Å². The van der Waals surface area contributed by atoms with Gasteiger partial charge in [0, 0.05) is 17.3 Å². The summed E-state index contributed by atoms with van der Waals surface area (Å²) in [4.78, 5) is 24.9. The van der Waals surface area contributed by atoms with E-state index in [4.69, 9.17) is 4.74 Å². The summed E-state index contributed by atoms with van der Waals surface area (Å²) in [5.41, 5.74) is 4.68. The van der Waals surface area contributed by atoms with Crippen molar-refractivity contribution in [1.82, 2.24) is 9.78 Å². The molecule has 1 aromatic carbocycles. The SMILES string of the molecule is CC1OCc2cc(=O)n(C(C)C(=O)Nc3ccc4c(c3)CCC4)nc21. The van der Waals surface area contributed by atoms with Gasteiger partial charge in [0.05, 0.1) is 18.4 Å². The van der Waals surface area contributed by atoms with Crippen molar-refractivity contribution < 1.29 is 9.53 Å². The van der Waals surface area contributed by atoms with Gasteiger partial charge in [-0.15, -0.1) is 0 Å². The number of carbonyl (C=O) groups is 1. The second kappa shape index (κ2) is 6.11. The quantitative estimate of drug-likeness (QED) is 0.932. The molecular formula is C19H21N3O3. The first-order valence-corrected chi connectivity index (χ1v) is 8.70. The second-order valence-corrected chi connectivity index (χ2v) is 6.79. The molecule has 25 heavy (non-hydrogen) atoms. The summed E-state index contributed by atoms with van der Waals surface area (Å²) >= 11 is 0. The molecule has 2 unspecified atom stereocenters. The zero-order valence-electron chi connectivity index (χ0n) is 14.4. The number of ether oxygens (including phenoxy) is 1. The Labute approximate surface area is 145 Å². The largest absolute Gasteiger partial charge is 0.367 e. The van der Waals surface area contributed by atoms with Crippen LogP contribution in [0.2, 0.25) is 0 Å². The molecule has 0 bridgehead atoms. The molecule has 6 nitrogen and oxygen atoms in total. The highest BCUT2D eigenvalue weighted by Gasteiger charge is 2.26. The molecule has 2 heterocycles. The van der Waals surface area contributed by atoms with E-state index in [0.717, 1.165) is 36.2 Å². The van der Waals surface area contributed by atoms with Gasteiger partial charge in [0.25, 0.3) is 5.56 Å². The third kappa shape index (κ3) is 2.87. The Balaban J connectivity index is 1.57. The predicted molar refractivity (Wildman–Crippen MR) is 93.5 cm³/mol. The maximum atomic E-state index is 12.6. The molecule has 2 aromatic rings. The van der Waals surface area contributed by atoms with Crippen LogP contribution in [0, 0.1) is 0 Å². The van der Waals surface area contributed by atoms with Gasteiger partial charge in [-0.05, 0) is 56.4 Å². The van der Waals surface area contributed by atoms with Crippen molar-refractivity contribution >= 4 is 11.6 Å². The standard InChI is InChI=1S/C19H21N3O3/c1-11(22-17(23)9-15-10-25-12(2)18(15)21-22)19(24)20-16-7-6-13-4-3-5-14(13)8-16/h6-9,11-12H,3-5,10H2,1-2H3,(H,20,24). The van der Waals surface area contributed by atoms with Gasteiger partial charge < -0.3 is 10.1 Å². The number of benzene rings is 1. The van der Waals surface area contributed by atoms with E-state index in [1.165, 1.54) is 21.9 Å². The number of fused-ring (bicyclic) bond motifs is 2. The Kier molecular flexibility index (Phi) is 3.92. The normalized spacial score (nSPS) is 19.4. The molecule has 1 N–H and O–H groups in total. The second-order valence-electron chi connectivity index (χ2n) is 6.79. The van der Waals surface area contributed by atoms with Crippen LogP contribution in [0.25, 0.3) is 0 Å². The third-order valence-corrected chi connectivity index (χ3v) is 5.05. The summed E-state index contributed by atoms with van der Waals surface area (Å²) in [7, 11) is 0. The Hall–Kier alpha value is -2.47. The number of anilines is 1. The van der Waals surface area contributed by atoms with Crippen LogP contribution in [0.4, 0.5) is 5.69 Å². The molecule has 0 saturated heterocycles. The molecule has 6 heteroatoms. The van der Waals surface area contributed by atoms with Crippen molar-refractivity contribution in [3.05, 3.63) is 57.0 Å². The lowest BCUT2D eigenvalue weighted by atomic mass is 10.1. The minimum absolute atomic E-state index is 0.158. The van der Waals surface area contributed by atoms with Crippen LogP contribution in [0.3, 0.4) is 0 Å². The molecule has 2 atom stereocenters. The lowest BCUT2D eigenvalue weighted by Gasteiger charge is -2.16. The molecule has 1 aromatic heterocycles. The van der Waals surface area contributed by atoms with Gasteiger partial charge in [-0.3, -0.25) is 9.59 Å². The highest BCUT2D eigenvalue weighted by Crippen LogP contribution is 2.27. The van der Waals surface area contributed by atoms with E-state index < -0.39 is 6.04 Å². The summed E-state index contributed by atoms with van der Waals surface area (Å²) in [6, 6.07) is 6.84. The first kappa shape index (κ1) is 16.0. The zero-order valence-corrected chi connectivity index (χ0v) is 14.4. The highest BCUT2D eigenvalue weighted by molar-refractivity contribution is 5.93. The van der Waals surface area contributed by atoms with Gasteiger partial charge in [-0.1, -0.05) is 6.07 Å². The van der Waals surface area contributed by atoms with Crippen molar-refractivity contribution in [3.63, 3.8) is 0 Å². The van der Waals surface area contributed by atoms with Crippen molar-refractivity contribution in [2.45, 2.75) is 51.9 Å². The van der Waals surface area contributed by atoms with Gasteiger partial charge in [-0.2, -0.15) is 5.10 Å². The molecule has 1 amide bonds. The molecule has 0 saturated carbocycles. The minimum Gasteiger partial charge on any atom is -0.367 e. The molecule has 130 valence electrons. The fourth-order valence-electron chi connectivity index (χ4n) is 3.56. The Morgan fingerprint density at radius 1 is 1.28 bits per heavy atom. The fourth-order valence-corrected chi connectivity index (χ4v) is 3.56. The summed E-state index contributed by atoms with van der Waals surface area (Å²) in [5, 5.41) is 7.28. The van der Waals surface area contributed by atoms with E-state index in [9.17, 15) is 9.59 Å². The Morgan fingerprint density at radius 3 is 2.92 bits per heavy atom. The number of nitrogens with zero attached hydrogens (tertiary/aromatic N) is 2. The summed E-state index contributed by atoms with van der Waals surface area (Å²) < 4.78 is 6.74. The van der Waals surface area contributed by atoms with Crippen LogP contribution in [0.15, 0.2) is 29.1 Å². The maximum Gasteiger partial charge on any atom is 0.267 e. The number of rotatable bonds is 3. The molecule has 1 aliphatic carbocycles. The molecule has 4 rings (SSSR count). The molecule has 1 aliphatic heterocycles. The van der Waals surface area contributed by atoms with Crippen LogP contribution < -0.4 is 10.9 Å². The Morgan fingerprint density at radius 2 is 2.08 bits per heavy atom. The number of aromatic nitrogens is 2. The molecular weight excluding hydrogens is 318 g/mol. The van der Waals surface area contributed by atoms with E-state index in [-0.39, 0.29) is 17.6 Å². The number of hydrogen-bond acceptors (Lipinski definition) is 4. The van der Waals surface area contributed by atoms with Crippen LogP contribution in [0.5, 0.6) is 0 Å². The number of amides is 1. The first-order chi connectivity index (χ1) is 12.0. The van der Waals surface area contributed by atoms with Crippen molar-refractivity contribution in [1.29, 1.82) is 0 Å². The fraction of sp³-hybridized carbons (Fsp3) is 0.421. The van der Waals surface area contributed by atoms with Crippen molar-refractivity contribution in [3.8, 4) is 0 Å². The lowest BCUT2D eigenvalue weighted by Crippen LogP contribution is -2.34. The molecule has 0 fully saturated rings. The van der Waals surface area contributed by atoms with Gasteiger partial charge in [0.15, 0.2) is 0 Å². The summed E-state index contributed by atoms with van der Waals surface area (Å²) in [6.07, 6.45) is 3.17. The number of carbonyl (C=O) groups excluding carboxylic acids is 1. The topological polar surface area (TPSA) is 73.2 Å². The number of hydrogen-bond donors (Lipinski definition) is 1. The average molecular weight is 339 g/mol. The van der Waals surface area contributed by atoms with E-state index in [1.54, 1.807) is 6.92 Å². The lowest BCUT2D eigenvalue weighted by molar-refractivity contribution is -0.119. The van der Waals surface area contributed by atoms with Crippen LogP contribution in [-0.4, -0.2) is 15.7 Å². The smallest absolute Gasteiger partial charge is 0.267 e. The maximum absolute atomic E-state index is 12.6. The van der Waals surface area contributed by atoms with Gasteiger partial charge in [0.2, 0.25) is 5.91 Å². The van der Waals surface area contributed by atoms with Gasteiger partial charge >= 0.3 is 0 Å². The van der Waals surface area contributed by atoms with Crippen molar-refractivity contribution in [2.75, 3.05) is 5.32 Å². The van der Waals surface area contributed by atoms with Crippen LogP contribution in [-0.2, 0) is 29.0 Å². The first-order valence-electron chi connectivity index (χ1n) is 8.70. The molecule has 0 radical (unpaired) electrons. The van der Waals surface area contributed by atoms with Crippen LogP contribution in [0.1, 0.15) is 54.8 Å². The number of nitrogens with one attached hydrogen (secondary N) is 1. The molecule has 0 spiro atoms. The average Bonchev–Trinajstić information content (AvgIpc) is 3.20. The van der Waals surface area contributed by atoms with E-state index in [0.29, 0.717) is 6.61 Å².